The second-order valence-corrected chi connectivity index (χ2v) is 8.30. The summed E-state index contributed by atoms with van der Waals surface area (Å²) in [6.07, 6.45) is 0. The lowest BCUT2D eigenvalue weighted by Gasteiger charge is -2.29. The molecule has 1 aliphatic rings. The van der Waals surface area contributed by atoms with Crippen molar-refractivity contribution in [3.63, 3.8) is 0 Å². The summed E-state index contributed by atoms with van der Waals surface area (Å²) in [6.45, 7) is 2.83. The van der Waals surface area contributed by atoms with E-state index in [1.54, 1.807) is 25.1 Å². The lowest BCUT2D eigenvalue weighted by atomic mass is 10.1. The van der Waals surface area contributed by atoms with Crippen molar-refractivity contribution in [2.24, 2.45) is 0 Å². The smallest absolute Gasteiger partial charge is 0.265 e. The Kier molecular flexibility index (Phi) is 7.10. The molecular weight excluding hydrogens is 451 g/mol. The van der Waals surface area contributed by atoms with Crippen molar-refractivity contribution in [3.8, 4) is 11.5 Å². The first-order valence-corrected chi connectivity index (χ1v) is 11.2. The molecule has 0 bridgehead atoms. The number of hydrogen-bond donors (Lipinski definition) is 1. The molecule has 4 rings (SSSR count). The number of fused-ring (bicyclic) bond motifs is 1. The van der Waals surface area contributed by atoms with Crippen LogP contribution in [0.4, 0.5) is 10.1 Å². The predicted molar refractivity (Wildman–Crippen MR) is 128 cm³/mol. The van der Waals surface area contributed by atoms with Crippen molar-refractivity contribution < 1.29 is 28.2 Å². The maximum atomic E-state index is 13.9. The van der Waals surface area contributed by atoms with Crippen molar-refractivity contribution in [2.45, 2.75) is 19.9 Å². The summed E-state index contributed by atoms with van der Waals surface area (Å²) >= 11 is 0. The summed E-state index contributed by atoms with van der Waals surface area (Å²) in [5.74, 6) is -1.35. The van der Waals surface area contributed by atoms with Gasteiger partial charge in [0, 0.05) is 5.56 Å². The summed E-state index contributed by atoms with van der Waals surface area (Å²) < 4.78 is 24.8. The lowest BCUT2D eigenvalue weighted by molar-refractivity contribution is -0.125. The highest BCUT2D eigenvalue weighted by molar-refractivity contribution is 6.04. The Balaban J connectivity index is 1.47. The maximum Gasteiger partial charge on any atom is 0.265 e. The number of hydrogen-bond acceptors (Lipinski definition) is 5. The molecule has 35 heavy (non-hydrogen) atoms. The Labute approximate surface area is 202 Å². The largest absolute Gasteiger partial charge is 0.482 e. The molecule has 0 saturated heterocycles. The zero-order valence-electron chi connectivity index (χ0n) is 19.4. The monoisotopic (exact) mass is 476 g/mol. The van der Waals surface area contributed by atoms with Crippen LogP contribution in [0.3, 0.4) is 0 Å². The van der Waals surface area contributed by atoms with Crippen LogP contribution in [-0.2, 0) is 9.59 Å². The number of carbonyl (C=O) groups is 3. The zero-order valence-corrected chi connectivity index (χ0v) is 19.4. The van der Waals surface area contributed by atoms with Gasteiger partial charge in [0.15, 0.2) is 30.6 Å². The Morgan fingerprint density at radius 1 is 1.11 bits per heavy atom. The van der Waals surface area contributed by atoms with E-state index in [1.807, 2.05) is 37.3 Å². The highest BCUT2D eigenvalue weighted by atomic mass is 19.1. The van der Waals surface area contributed by atoms with Gasteiger partial charge in [-0.3, -0.25) is 19.3 Å². The minimum absolute atomic E-state index is 0.0133. The van der Waals surface area contributed by atoms with Crippen molar-refractivity contribution >= 4 is 23.3 Å². The van der Waals surface area contributed by atoms with Crippen LogP contribution in [0.25, 0.3) is 0 Å². The van der Waals surface area contributed by atoms with Gasteiger partial charge in [-0.15, -0.1) is 0 Å². The Hall–Kier alpha value is -4.20. The minimum atomic E-state index is -0.560. The van der Waals surface area contributed by atoms with Gasteiger partial charge >= 0.3 is 0 Å². The highest BCUT2D eigenvalue weighted by Gasteiger charge is 2.29. The number of ether oxygens (including phenoxy) is 2. The summed E-state index contributed by atoms with van der Waals surface area (Å²) in [6, 6.07) is 18.2. The Bertz CT molecular complexity index is 1260. The van der Waals surface area contributed by atoms with E-state index in [-0.39, 0.29) is 43.0 Å². The van der Waals surface area contributed by atoms with Crippen LogP contribution in [0.5, 0.6) is 11.5 Å². The summed E-state index contributed by atoms with van der Waals surface area (Å²) in [5, 5.41) is 2.88. The number of carbonyl (C=O) groups excluding carboxylic acids is 3. The topological polar surface area (TPSA) is 84.9 Å². The van der Waals surface area contributed by atoms with Crippen LogP contribution in [0.2, 0.25) is 0 Å². The SMILES string of the molecule is Cc1ccc(F)c(OCC(=O)c2ccc3c(c2)N(CC(=O)N[C@H](C)c2ccccc2)C(=O)CO3)c1. The average molecular weight is 477 g/mol. The quantitative estimate of drug-likeness (QED) is 0.497. The van der Waals surface area contributed by atoms with Crippen molar-refractivity contribution in [3.05, 3.63) is 89.2 Å². The molecule has 0 fully saturated rings. The van der Waals surface area contributed by atoms with Crippen LogP contribution in [0.1, 0.15) is 34.5 Å². The molecule has 1 aliphatic heterocycles. The molecule has 180 valence electrons. The molecule has 3 aromatic carbocycles. The highest BCUT2D eigenvalue weighted by Crippen LogP contribution is 2.33. The molecule has 7 nitrogen and oxygen atoms in total. The molecular formula is C27H25FN2O5. The molecule has 2 amide bonds. The number of rotatable bonds is 8. The number of amides is 2. The van der Waals surface area contributed by atoms with E-state index in [0.29, 0.717) is 11.4 Å². The number of benzene rings is 3. The van der Waals surface area contributed by atoms with Crippen LogP contribution >= 0.6 is 0 Å². The van der Waals surface area contributed by atoms with E-state index in [9.17, 15) is 18.8 Å². The third-order valence-electron chi connectivity index (χ3n) is 5.65. The van der Waals surface area contributed by atoms with Crippen LogP contribution in [0.15, 0.2) is 66.7 Å². The van der Waals surface area contributed by atoms with Crippen molar-refractivity contribution in [2.75, 3.05) is 24.7 Å². The molecule has 1 N–H and O–H groups in total. The summed E-state index contributed by atoms with van der Waals surface area (Å²) in [4.78, 5) is 39.3. The second kappa shape index (κ2) is 10.4. The molecule has 3 aromatic rings. The van der Waals surface area contributed by atoms with Crippen molar-refractivity contribution in [1.29, 1.82) is 0 Å². The maximum absolute atomic E-state index is 13.9. The van der Waals surface area contributed by atoms with Gasteiger partial charge in [-0.05, 0) is 55.3 Å². The molecule has 8 heteroatoms. The van der Waals surface area contributed by atoms with E-state index in [1.165, 1.54) is 23.1 Å². The van der Waals surface area contributed by atoms with Crippen LogP contribution in [-0.4, -0.2) is 37.4 Å². The zero-order chi connectivity index (χ0) is 24.9. The molecule has 0 radical (unpaired) electrons. The molecule has 0 saturated carbocycles. The lowest BCUT2D eigenvalue weighted by Crippen LogP contribution is -2.45. The van der Waals surface area contributed by atoms with Gasteiger partial charge in [0.05, 0.1) is 11.7 Å². The fourth-order valence-electron chi connectivity index (χ4n) is 3.75. The van der Waals surface area contributed by atoms with E-state index < -0.39 is 17.5 Å². The van der Waals surface area contributed by atoms with Gasteiger partial charge in [-0.2, -0.15) is 0 Å². The molecule has 0 spiro atoms. The Morgan fingerprint density at radius 2 is 1.89 bits per heavy atom. The number of ketones is 1. The molecule has 0 aromatic heterocycles. The van der Waals surface area contributed by atoms with Crippen molar-refractivity contribution in [1.82, 2.24) is 5.32 Å². The van der Waals surface area contributed by atoms with Gasteiger partial charge in [0.1, 0.15) is 12.3 Å². The number of nitrogens with one attached hydrogen (secondary N) is 1. The fraction of sp³-hybridized carbons (Fsp3) is 0.222. The van der Waals surface area contributed by atoms with Gasteiger partial charge in [0.25, 0.3) is 5.91 Å². The summed E-state index contributed by atoms with van der Waals surface area (Å²) in [5.41, 5.74) is 2.30. The van der Waals surface area contributed by atoms with Gasteiger partial charge in [-0.1, -0.05) is 36.4 Å². The van der Waals surface area contributed by atoms with E-state index in [2.05, 4.69) is 5.32 Å². The average Bonchev–Trinajstić information content (AvgIpc) is 2.86. The predicted octanol–water partition coefficient (Wildman–Crippen LogP) is 4.00. The number of halogens is 1. The number of nitrogens with zero attached hydrogens (tertiary/aromatic N) is 1. The standard InChI is InChI=1S/C27H25FN2O5/c1-17-8-10-21(28)25(12-17)34-15-23(31)20-9-11-24-22(13-20)30(27(33)16-35-24)14-26(32)29-18(2)19-6-4-3-5-7-19/h3-13,18H,14-16H2,1-2H3,(H,29,32)/t18-/m1/s1. The molecule has 0 aliphatic carbocycles. The first-order valence-electron chi connectivity index (χ1n) is 11.2. The van der Waals surface area contributed by atoms with E-state index >= 15 is 0 Å². The number of Topliss-reactive ketones (excluding diaryl/α,β-unsaturated/α-hetero) is 1. The fourth-order valence-corrected chi connectivity index (χ4v) is 3.75. The van der Waals surface area contributed by atoms with Gasteiger partial charge in [-0.25, -0.2) is 4.39 Å². The normalized spacial score (nSPS) is 13.5. The molecule has 1 atom stereocenters. The van der Waals surface area contributed by atoms with Crippen LogP contribution < -0.4 is 19.7 Å². The molecule has 1 heterocycles. The minimum Gasteiger partial charge on any atom is -0.482 e. The number of aryl methyl sites for hydroxylation is 1. The number of anilines is 1. The first kappa shape index (κ1) is 23.9. The van der Waals surface area contributed by atoms with E-state index in [4.69, 9.17) is 9.47 Å². The third-order valence-corrected chi connectivity index (χ3v) is 5.65. The van der Waals surface area contributed by atoms with Crippen LogP contribution in [0, 0.1) is 12.7 Å². The second-order valence-electron chi connectivity index (χ2n) is 8.30. The van der Waals surface area contributed by atoms with E-state index in [0.717, 1.165) is 11.1 Å². The Morgan fingerprint density at radius 3 is 2.66 bits per heavy atom. The first-order chi connectivity index (χ1) is 16.8. The van der Waals surface area contributed by atoms with Gasteiger partial charge in [0.2, 0.25) is 5.91 Å². The third kappa shape index (κ3) is 5.66. The van der Waals surface area contributed by atoms with Gasteiger partial charge < -0.3 is 14.8 Å². The summed E-state index contributed by atoms with van der Waals surface area (Å²) in [7, 11) is 0. The molecule has 0 unspecified atom stereocenters.